The van der Waals surface area contributed by atoms with Gasteiger partial charge in [-0.05, 0) is 38.1 Å². The van der Waals surface area contributed by atoms with Crippen molar-refractivity contribution in [1.82, 2.24) is 19.8 Å². The van der Waals surface area contributed by atoms with Crippen LogP contribution in [0, 0.1) is 17.5 Å². The Hall–Kier alpha value is -3.64. The number of halogens is 6. The van der Waals surface area contributed by atoms with Gasteiger partial charge in [-0.2, -0.15) is 22.5 Å². The molecule has 0 unspecified atom stereocenters. The van der Waals surface area contributed by atoms with Gasteiger partial charge in [-0.1, -0.05) is 17.7 Å². The van der Waals surface area contributed by atoms with Crippen molar-refractivity contribution in [2.45, 2.75) is 26.1 Å². The van der Waals surface area contributed by atoms with Gasteiger partial charge < -0.3 is 15.0 Å². The molecule has 0 bridgehead atoms. The number of allylic oxidation sites excluding steroid dienone is 1. The lowest BCUT2D eigenvalue weighted by Crippen LogP contribution is -2.44. The molecule has 1 aliphatic carbocycles. The largest absolute Gasteiger partial charge is 0.433 e. The Morgan fingerprint density at radius 2 is 1.74 bits per heavy atom. The lowest BCUT2D eigenvalue weighted by molar-refractivity contribution is -0.138. The molecule has 2 heterocycles. The number of ether oxygens (including phenoxy) is 1. The molecule has 0 saturated carbocycles. The summed E-state index contributed by atoms with van der Waals surface area (Å²) in [5.74, 6) is -4.54. The minimum absolute atomic E-state index is 0.0201. The maximum absolute atomic E-state index is 15.2. The number of benzene rings is 2. The van der Waals surface area contributed by atoms with Crippen LogP contribution in [0.1, 0.15) is 29.2 Å². The molecule has 1 aliphatic heterocycles. The van der Waals surface area contributed by atoms with Crippen LogP contribution in [0.4, 0.5) is 37.8 Å². The zero-order valence-electron chi connectivity index (χ0n) is 21.2. The maximum atomic E-state index is 15.2. The molecule has 3 aromatic rings. The maximum Gasteiger partial charge on any atom is 0.416 e. The Balaban J connectivity index is 1.39. The van der Waals surface area contributed by atoms with Crippen LogP contribution < -0.4 is 10.1 Å². The van der Waals surface area contributed by atoms with Gasteiger partial charge in [0.1, 0.15) is 12.1 Å². The highest BCUT2D eigenvalue weighted by Gasteiger charge is 2.34. The molecule has 2 aliphatic rings. The van der Waals surface area contributed by atoms with E-state index in [1.54, 1.807) is 6.92 Å². The SMILES string of the molecule is CC1=Cc2c(F)c(Oc3ncnc(Nc4ccc(CN5CCN(C)CC5)c(C(F)(F)F)c4)c3F)cc(F)c2C1. The molecular weight excluding hydrogens is 524 g/mol. The minimum atomic E-state index is -4.64. The van der Waals surface area contributed by atoms with Gasteiger partial charge in [0, 0.05) is 55.6 Å². The second-order valence-electron chi connectivity index (χ2n) is 9.75. The summed E-state index contributed by atoms with van der Waals surface area (Å²) in [7, 11) is 1.96. The Kier molecular flexibility index (Phi) is 7.25. The average molecular weight is 550 g/mol. The summed E-state index contributed by atoms with van der Waals surface area (Å²) in [6, 6.07) is 4.44. The van der Waals surface area contributed by atoms with E-state index in [-0.39, 0.29) is 35.3 Å². The van der Waals surface area contributed by atoms with Crippen molar-refractivity contribution >= 4 is 17.6 Å². The van der Waals surface area contributed by atoms with Crippen LogP contribution in [0.3, 0.4) is 0 Å². The Morgan fingerprint density at radius 1 is 1.00 bits per heavy atom. The van der Waals surface area contributed by atoms with Gasteiger partial charge >= 0.3 is 6.18 Å². The fourth-order valence-electron chi connectivity index (χ4n) is 4.70. The van der Waals surface area contributed by atoms with E-state index in [1.165, 1.54) is 18.2 Å². The highest BCUT2D eigenvalue weighted by molar-refractivity contribution is 5.66. The lowest BCUT2D eigenvalue weighted by atomic mass is 10.0. The predicted molar refractivity (Wildman–Crippen MR) is 133 cm³/mol. The number of nitrogens with one attached hydrogen (secondary N) is 1. The zero-order valence-corrected chi connectivity index (χ0v) is 21.2. The third-order valence-corrected chi connectivity index (χ3v) is 6.80. The number of anilines is 2. The Labute approximate surface area is 220 Å². The Morgan fingerprint density at radius 3 is 2.46 bits per heavy atom. The van der Waals surface area contributed by atoms with E-state index in [1.807, 2.05) is 11.9 Å². The first kappa shape index (κ1) is 26.9. The quantitative estimate of drug-likeness (QED) is 0.372. The molecule has 2 aromatic carbocycles. The molecule has 0 radical (unpaired) electrons. The van der Waals surface area contributed by atoms with E-state index in [4.69, 9.17) is 4.74 Å². The fourth-order valence-corrected chi connectivity index (χ4v) is 4.70. The fraction of sp³-hybridized carbons (Fsp3) is 0.333. The number of likely N-dealkylation sites (N-methyl/N-ethyl adjacent to an activating group) is 1. The molecule has 39 heavy (non-hydrogen) atoms. The first-order chi connectivity index (χ1) is 18.5. The normalized spacial score (nSPS) is 16.3. The van der Waals surface area contributed by atoms with E-state index in [0.717, 1.165) is 37.1 Å². The number of hydrogen-bond donors (Lipinski definition) is 1. The van der Waals surface area contributed by atoms with Crippen LogP contribution in [0.25, 0.3) is 6.08 Å². The molecule has 0 atom stereocenters. The van der Waals surface area contributed by atoms with Crippen molar-refractivity contribution in [2.24, 2.45) is 0 Å². The highest BCUT2D eigenvalue weighted by Crippen LogP contribution is 2.38. The van der Waals surface area contributed by atoms with Gasteiger partial charge in [0.25, 0.3) is 5.88 Å². The summed E-state index contributed by atoms with van der Waals surface area (Å²) in [4.78, 5) is 11.5. The third kappa shape index (κ3) is 5.71. The molecule has 12 heteroatoms. The predicted octanol–water partition coefficient (Wildman–Crippen LogP) is 6.16. The standard InChI is InChI=1S/C27H25F6N5O/c1-15-9-18-19(10-15)23(29)22(12-21(18)28)39-26-24(30)25(34-14-35-26)36-17-4-3-16(20(11-17)27(31,32)33)13-38-7-5-37(2)6-8-38/h3-4,10-12,14H,5-9,13H2,1-2H3,(H,34,35,36). The highest BCUT2D eigenvalue weighted by atomic mass is 19.4. The molecule has 1 fully saturated rings. The van der Waals surface area contributed by atoms with Crippen molar-refractivity contribution in [3.63, 3.8) is 0 Å². The van der Waals surface area contributed by atoms with Crippen molar-refractivity contribution in [3.05, 3.63) is 75.9 Å². The van der Waals surface area contributed by atoms with Gasteiger partial charge in [0.15, 0.2) is 17.4 Å². The molecule has 1 aromatic heterocycles. The second kappa shape index (κ2) is 10.5. The smallest absolute Gasteiger partial charge is 0.416 e. The lowest BCUT2D eigenvalue weighted by Gasteiger charge is -2.33. The summed E-state index contributed by atoms with van der Waals surface area (Å²) in [6.07, 6.45) is -2.00. The van der Waals surface area contributed by atoms with Crippen LogP contribution in [-0.4, -0.2) is 53.0 Å². The molecule has 0 amide bonds. The molecule has 206 valence electrons. The van der Waals surface area contributed by atoms with E-state index in [9.17, 15) is 22.0 Å². The molecule has 5 rings (SSSR count). The summed E-state index contributed by atoms with van der Waals surface area (Å²) >= 11 is 0. The van der Waals surface area contributed by atoms with Crippen LogP contribution in [-0.2, 0) is 19.1 Å². The zero-order chi connectivity index (χ0) is 27.9. The summed E-state index contributed by atoms with van der Waals surface area (Å²) < 4.78 is 91.6. The van der Waals surface area contributed by atoms with Gasteiger partial charge in [0.05, 0.1) is 5.56 Å². The molecule has 1 saturated heterocycles. The van der Waals surface area contributed by atoms with Crippen molar-refractivity contribution in [2.75, 3.05) is 38.5 Å². The van der Waals surface area contributed by atoms with Crippen LogP contribution >= 0.6 is 0 Å². The number of alkyl halides is 3. The van der Waals surface area contributed by atoms with E-state index in [0.29, 0.717) is 13.1 Å². The minimum Gasteiger partial charge on any atom is -0.433 e. The molecule has 6 nitrogen and oxygen atoms in total. The number of aromatic nitrogens is 2. The van der Waals surface area contributed by atoms with Crippen LogP contribution in [0.2, 0.25) is 0 Å². The number of piperazine rings is 1. The monoisotopic (exact) mass is 549 g/mol. The third-order valence-electron chi connectivity index (χ3n) is 6.80. The molecule has 0 spiro atoms. The van der Waals surface area contributed by atoms with Gasteiger partial charge in [-0.3, -0.25) is 4.90 Å². The number of nitrogens with zero attached hydrogens (tertiary/aromatic N) is 4. The second-order valence-corrected chi connectivity index (χ2v) is 9.75. The van der Waals surface area contributed by atoms with E-state index >= 15 is 4.39 Å². The summed E-state index contributed by atoms with van der Waals surface area (Å²) in [5, 5.41) is 2.52. The first-order valence-corrected chi connectivity index (χ1v) is 12.2. The van der Waals surface area contributed by atoms with Crippen molar-refractivity contribution in [1.29, 1.82) is 0 Å². The van der Waals surface area contributed by atoms with Gasteiger partial charge in [-0.25, -0.2) is 13.8 Å². The summed E-state index contributed by atoms with van der Waals surface area (Å²) in [5.41, 5.74) is 0.140. The van der Waals surface area contributed by atoms with E-state index in [2.05, 4.69) is 20.2 Å². The van der Waals surface area contributed by atoms with Gasteiger partial charge in [-0.15, -0.1) is 0 Å². The van der Waals surface area contributed by atoms with Crippen LogP contribution in [0.5, 0.6) is 11.6 Å². The first-order valence-electron chi connectivity index (χ1n) is 12.2. The van der Waals surface area contributed by atoms with Crippen LogP contribution in [0.15, 0.2) is 36.2 Å². The average Bonchev–Trinajstić information content (AvgIpc) is 3.29. The Bertz CT molecular complexity index is 1430. The van der Waals surface area contributed by atoms with Gasteiger partial charge in [0.2, 0.25) is 5.82 Å². The van der Waals surface area contributed by atoms with E-state index < -0.39 is 46.6 Å². The number of rotatable bonds is 6. The molecular formula is C27H25F6N5O. The number of hydrogen-bond acceptors (Lipinski definition) is 6. The van der Waals surface area contributed by atoms with Crippen molar-refractivity contribution < 1.29 is 31.1 Å². The topological polar surface area (TPSA) is 53.5 Å². The summed E-state index contributed by atoms with van der Waals surface area (Å²) in [6.45, 7) is 4.67. The molecule has 1 N–H and O–H groups in total. The van der Waals surface area contributed by atoms with Crippen molar-refractivity contribution in [3.8, 4) is 11.6 Å². The number of fused-ring (bicyclic) bond motifs is 1.